The van der Waals surface area contributed by atoms with Crippen molar-refractivity contribution in [2.45, 2.75) is 26.4 Å². The molecule has 0 saturated carbocycles. The third kappa shape index (κ3) is 4.33. The number of carbonyl (C=O) groups excluding carboxylic acids is 1. The fraction of sp³-hybridized carbons (Fsp3) is 0.538. The van der Waals surface area contributed by atoms with Gasteiger partial charge >= 0.3 is 0 Å². The van der Waals surface area contributed by atoms with Crippen molar-refractivity contribution in [2.75, 3.05) is 20.7 Å². The number of hydrogen-bond acceptors (Lipinski definition) is 4. The van der Waals surface area contributed by atoms with Crippen molar-refractivity contribution in [3.05, 3.63) is 23.9 Å². The van der Waals surface area contributed by atoms with Gasteiger partial charge in [-0.25, -0.2) is 4.98 Å². The van der Waals surface area contributed by atoms with E-state index >= 15 is 0 Å². The number of nitrogens with zero attached hydrogens (tertiary/aromatic N) is 2. The molecule has 100 valence electrons. The Kier molecular flexibility index (Phi) is 5.58. The number of carbonyl (C=O) groups is 1. The minimum atomic E-state index is 0.0893. The standard InChI is InChI=1S/C13H21N3O2/c1-10(2)16(3)13(17)9-14-7-11-5-6-12(18-4)15-8-11/h5-6,8,10,14H,7,9H2,1-4H3. The van der Waals surface area contributed by atoms with E-state index in [4.69, 9.17) is 4.74 Å². The van der Waals surface area contributed by atoms with Gasteiger partial charge in [0.15, 0.2) is 0 Å². The number of rotatable bonds is 6. The number of likely N-dealkylation sites (N-methyl/N-ethyl adjacent to an activating group) is 1. The predicted molar refractivity (Wildman–Crippen MR) is 70.4 cm³/mol. The molecule has 0 spiro atoms. The Bertz CT molecular complexity index is 376. The summed E-state index contributed by atoms with van der Waals surface area (Å²) in [5.41, 5.74) is 1.02. The van der Waals surface area contributed by atoms with E-state index in [9.17, 15) is 4.79 Å². The minimum absolute atomic E-state index is 0.0893. The van der Waals surface area contributed by atoms with Crippen LogP contribution in [0.4, 0.5) is 0 Å². The molecule has 18 heavy (non-hydrogen) atoms. The lowest BCUT2D eigenvalue weighted by atomic mass is 10.3. The molecule has 0 atom stereocenters. The van der Waals surface area contributed by atoms with Crippen molar-refractivity contribution in [2.24, 2.45) is 0 Å². The summed E-state index contributed by atoms with van der Waals surface area (Å²) in [5, 5.41) is 3.10. The molecule has 0 radical (unpaired) electrons. The molecule has 0 unspecified atom stereocenters. The topological polar surface area (TPSA) is 54.5 Å². The minimum Gasteiger partial charge on any atom is -0.481 e. The molecule has 1 aromatic heterocycles. The molecule has 0 fully saturated rings. The lowest BCUT2D eigenvalue weighted by Crippen LogP contribution is -2.39. The van der Waals surface area contributed by atoms with Gasteiger partial charge < -0.3 is 15.0 Å². The summed E-state index contributed by atoms with van der Waals surface area (Å²) < 4.78 is 4.98. The van der Waals surface area contributed by atoms with Gasteiger partial charge in [-0.15, -0.1) is 0 Å². The van der Waals surface area contributed by atoms with Crippen LogP contribution in [0, 0.1) is 0 Å². The van der Waals surface area contributed by atoms with E-state index in [0.29, 0.717) is 19.0 Å². The van der Waals surface area contributed by atoms with Gasteiger partial charge in [0, 0.05) is 31.9 Å². The molecule has 1 N–H and O–H groups in total. The Morgan fingerprint density at radius 1 is 1.50 bits per heavy atom. The van der Waals surface area contributed by atoms with Crippen molar-refractivity contribution in [3.8, 4) is 5.88 Å². The summed E-state index contributed by atoms with van der Waals surface area (Å²) in [6, 6.07) is 3.95. The van der Waals surface area contributed by atoms with Crippen LogP contribution in [-0.2, 0) is 11.3 Å². The van der Waals surface area contributed by atoms with Crippen LogP contribution in [0.2, 0.25) is 0 Å². The molecule has 0 aliphatic rings. The Hall–Kier alpha value is -1.62. The highest BCUT2D eigenvalue weighted by Crippen LogP contribution is 2.06. The molecule has 5 nitrogen and oxygen atoms in total. The average molecular weight is 251 g/mol. The van der Waals surface area contributed by atoms with Gasteiger partial charge in [0.1, 0.15) is 0 Å². The van der Waals surface area contributed by atoms with Crippen LogP contribution in [0.5, 0.6) is 5.88 Å². The zero-order valence-corrected chi connectivity index (χ0v) is 11.4. The fourth-order valence-corrected chi connectivity index (χ4v) is 1.36. The fourth-order valence-electron chi connectivity index (χ4n) is 1.36. The van der Waals surface area contributed by atoms with Gasteiger partial charge in [-0.2, -0.15) is 0 Å². The Morgan fingerprint density at radius 3 is 2.72 bits per heavy atom. The number of aromatic nitrogens is 1. The molecule has 1 rings (SSSR count). The highest BCUT2D eigenvalue weighted by Gasteiger charge is 2.10. The summed E-state index contributed by atoms with van der Waals surface area (Å²) in [5.74, 6) is 0.681. The summed E-state index contributed by atoms with van der Waals surface area (Å²) in [6.07, 6.45) is 1.74. The average Bonchev–Trinajstić information content (AvgIpc) is 2.38. The van der Waals surface area contributed by atoms with E-state index in [1.165, 1.54) is 0 Å². The van der Waals surface area contributed by atoms with Gasteiger partial charge in [0.05, 0.1) is 13.7 Å². The molecule has 0 aromatic carbocycles. The normalized spacial score (nSPS) is 10.5. The molecule has 0 aliphatic heterocycles. The first-order valence-electron chi connectivity index (χ1n) is 6.00. The second-order valence-corrected chi connectivity index (χ2v) is 4.41. The van der Waals surface area contributed by atoms with Crippen LogP contribution >= 0.6 is 0 Å². The molecule has 5 heteroatoms. The Morgan fingerprint density at radius 2 is 2.22 bits per heavy atom. The maximum Gasteiger partial charge on any atom is 0.236 e. The second kappa shape index (κ2) is 6.96. The van der Waals surface area contributed by atoms with Gasteiger partial charge in [-0.05, 0) is 19.4 Å². The second-order valence-electron chi connectivity index (χ2n) is 4.41. The number of methoxy groups -OCH3 is 1. The van der Waals surface area contributed by atoms with E-state index in [1.54, 1.807) is 24.3 Å². The molecule has 0 bridgehead atoms. The van der Waals surface area contributed by atoms with Crippen LogP contribution in [0.3, 0.4) is 0 Å². The van der Waals surface area contributed by atoms with E-state index in [0.717, 1.165) is 5.56 Å². The van der Waals surface area contributed by atoms with Crippen LogP contribution < -0.4 is 10.1 Å². The van der Waals surface area contributed by atoms with Crippen molar-refractivity contribution in [1.82, 2.24) is 15.2 Å². The Labute approximate surface area is 108 Å². The van der Waals surface area contributed by atoms with Crippen LogP contribution in [0.1, 0.15) is 19.4 Å². The molecule has 0 saturated heterocycles. The zero-order chi connectivity index (χ0) is 13.5. The summed E-state index contributed by atoms with van der Waals surface area (Å²) in [6.45, 7) is 4.94. The maximum absolute atomic E-state index is 11.7. The quantitative estimate of drug-likeness (QED) is 0.821. The smallest absolute Gasteiger partial charge is 0.236 e. The van der Waals surface area contributed by atoms with Gasteiger partial charge in [-0.1, -0.05) is 6.07 Å². The van der Waals surface area contributed by atoms with Crippen molar-refractivity contribution >= 4 is 5.91 Å². The highest BCUT2D eigenvalue weighted by atomic mass is 16.5. The molecular weight excluding hydrogens is 230 g/mol. The lowest BCUT2D eigenvalue weighted by Gasteiger charge is -2.21. The molecular formula is C13H21N3O2. The van der Waals surface area contributed by atoms with Gasteiger partial charge in [-0.3, -0.25) is 4.79 Å². The SMILES string of the molecule is COc1ccc(CNCC(=O)N(C)C(C)C)cn1. The molecule has 1 heterocycles. The summed E-state index contributed by atoms with van der Waals surface area (Å²) in [4.78, 5) is 17.5. The largest absolute Gasteiger partial charge is 0.481 e. The third-order valence-corrected chi connectivity index (χ3v) is 2.78. The number of ether oxygens (including phenoxy) is 1. The zero-order valence-electron chi connectivity index (χ0n) is 11.4. The number of amides is 1. The Balaban J connectivity index is 2.35. The first kappa shape index (κ1) is 14.4. The maximum atomic E-state index is 11.7. The first-order chi connectivity index (χ1) is 8.54. The van der Waals surface area contributed by atoms with E-state index in [-0.39, 0.29) is 11.9 Å². The lowest BCUT2D eigenvalue weighted by molar-refractivity contribution is -0.130. The van der Waals surface area contributed by atoms with Crippen LogP contribution in [0.25, 0.3) is 0 Å². The molecule has 1 aromatic rings. The summed E-state index contributed by atoms with van der Waals surface area (Å²) in [7, 11) is 3.39. The van der Waals surface area contributed by atoms with E-state index in [1.807, 2.05) is 27.0 Å². The van der Waals surface area contributed by atoms with Crippen molar-refractivity contribution in [3.63, 3.8) is 0 Å². The van der Waals surface area contributed by atoms with Crippen LogP contribution in [0.15, 0.2) is 18.3 Å². The highest BCUT2D eigenvalue weighted by molar-refractivity contribution is 5.78. The first-order valence-corrected chi connectivity index (χ1v) is 6.00. The number of hydrogen-bond donors (Lipinski definition) is 1. The number of nitrogens with one attached hydrogen (secondary N) is 1. The van der Waals surface area contributed by atoms with Crippen molar-refractivity contribution in [1.29, 1.82) is 0 Å². The van der Waals surface area contributed by atoms with Crippen molar-refractivity contribution < 1.29 is 9.53 Å². The third-order valence-electron chi connectivity index (χ3n) is 2.78. The molecule has 0 aliphatic carbocycles. The van der Waals surface area contributed by atoms with E-state index < -0.39 is 0 Å². The van der Waals surface area contributed by atoms with E-state index in [2.05, 4.69) is 10.3 Å². The predicted octanol–water partition coefficient (Wildman–Crippen LogP) is 1.05. The van der Waals surface area contributed by atoms with Gasteiger partial charge in [0.25, 0.3) is 0 Å². The number of pyridine rings is 1. The van der Waals surface area contributed by atoms with Crippen LogP contribution in [-0.4, -0.2) is 42.5 Å². The monoisotopic (exact) mass is 251 g/mol. The molecule has 1 amide bonds. The van der Waals surface area contributed by atoms with Gasteiger partial charge in [0.2, 0.25) is 11.8 Å². The summed E-state index contributed by atoms with van der Waals surface area (Å²) >= 11 is 0.